The fourth-order valence-electron chi connectivity index (χ4n) is 3.43. The number of anilines is 2. The van der Waals surface area contributed by atoms with E-state index in [9.17, 15) is 22.7 Å². The van der Waals surface area contributed by atoms with Gasteiger partial charge in [-0.05, 0) is 57.2 Å². The van der Waals surface area contributed by atoms with Crippen LogP contribution in [0.4, 0.5) is 29.1 Å². The summed E-state index contributed by atoms with van der Waals surface area (Å²) in [5.41, 5.74) is -0.673. The maximum Gasteiger partial charge on any atom is 0.257 e. The smallest absolute Gasteiger partial charge is 0.257 e. The summed E-state index contributed by atoms with van der Waals surface area (Å²) in [5, 5.41) is 18.0. The molecule has 0 unspecified atom stereocenters. The van der Waals surface area contributed by atoms with Gasteiger partial charge in [0.2, 0.25) is 0 Å². The molecule has 0 fully saturated rings. The molecule has 2 aromatic heterocycles. The van der Waals surface area contributed by atoms with Crippen LogP contribution in [0, 0.1) is 30.4 Å². The summed E-state index contributed by atoms with van der Waals surface area (Å²) >= 11 is 0. The Bertz CT molecular complexity index is 1420. The molecule has 4 rings (SSSR count). The highest BCUT2D eigenvalue weighted by molar-refractivity contribution is 5.93. The van der Waals surface area contributed by atoms with Gasteiger partial charge in [-0.3, -0.25) is 4.40 Å². The Morgan fingerprint density at radius 1 is 1.09 bits per heavy atom. The van der Waals surface area contributed by atoms with Gasteiger partial charge in [0.15, 0.2) is 0 Å². The summed E-state index contributed by atoms with van der Waals surface area (Å²) in [7, 11) is 0. The van der Waals surface area contributed by atoms with Crippen LogP contribution in [0.15, 0.2) is 36.4 Å². The largest absolute Gasteiger partial charge is 0.378 e. The molecule has 33 heavy (non-hydrogen) atoms. The van der Waals surface area contributed by atoms with Crippen LogP contribution in [-0.4, -0.2) is 43.3 Å². The molecule has 2 heterocycles. The summed E-state index contributed by atoms with van der Waals surface area (Å²) in [6, 6.07) is 7.46. The van der Waals surface area contributed by atoms with E-state index in [-0.39, 0.29) is 28.2 Å². The Hall–Kier alpha value is -3.71. The van der Waals surface area contributed by atoms with Gasteiger partial charge in [0, 0.05) is 16.6 Å². The topological polar surface area (TPSA) is 66.5 Å². The van der Waals surface area contributed by atoms with Crippen LogP contribution in [-0.2, 0) is 0 Å². The SMILES string of the molecule is Cc1nnc2nc(N(CC(F)F)c3cc(F)cc(C#CC(C)(C)O)c3)c3cc(F)ccc3n12. The van der Waals surface area contributed by atoms with E-state index in [1.54, 1.807) is 11.3 Å². The number of nitrogens with zero attached hydrogens (tertiary/aromatic N) is 5. The van der Waals surface area contributed by atoms with Crippen LogP contribution < -0.4 is 4.90 Å². The van der Waals surface area contributed by atoms with Gasteiger partial charge in [-0.25, -0.2) is 17.6 Å². The lowest BCUT2D eigenvalue weighted by atomic mass is 10.1. The number of hydrogen-bond donors (Lipinski definition) is 1. The first-order chi connectivity index (χ1) is 15.5. The summed E-state index contributed by atoms with van der Waals surface area (Å²) in [6.45, 7) is 3.76. The van der Waals surface area contributed by atoms with Gasteiger partial charge in [-0.15, -0.1) is 10.2 Å². The van der Waals surface area contributed by atoms with Crippen LogP contribution in [0.2, 0.25) is 0 Å². The highest BCUT2D eigenvalue weighted by atomic mass is 19.3. The number of aliphatic hydroxyl groups is 1. The zero-order valence-electron chi connectivity index (χ0n) is 17.9. The lowest BCUT2D eigenvalue weighted by molar-refractivity contribution is 0.143. The van der Waals surface area contributed by atoms with E-state index in [1.807, 2.05) is 0 Å². The highest BCUT2D eigenvalue weighted by Crippen LogP contribution is 2.33. The molecule has 0 aliphatic rings. The molecule has 2 aromatic carbocycles. The van der Waals surface area contributed by atoms with E-state index in [0.717, 1.165) is 17.0 Å². The average molecular weight is 457 g/mol. The quantitative estimate of drug-likeness (QED) is 0.364. The predicted molar refractivity (Wildman–Crippen MR) is 116 cm³/mol. The number of fused-ring (bicyclic) bond motifs is 3. The molecule has 6 nitrogen and oxygen atoms in total. The van der Waals surface area contributed by atoms with Crippen molar-refractivity contribution in [3.05, 3.63) is 59.4 Å². The molecule has 170 valence electrons. The van der Waals surface area contributed by atoms with Crippen molar-refractivity contribution in [2.45, 2.75) is 32.8 Å². The Balaban J connectivity index is 1.98. The Morgan fingerprint density at radius 3 is 2.55 bits per heavy atom. The lowest BCUT2D eigenvalue weighted by Gasteiger charge is -2.25. The van der Waals surface area contributed by atoms with Crippen LogP contribution >= 0.6 is 0 Å². The summed E-state index contributed by atoms with van der Waals surface area (Å²) in [6.07, 6.45) is -2.82. The molecule has 0 saturated carbocycles. The molecule has 4 aromatic rings. The average Bonchev–Trinajstić information content (AvgIpc) is 3.09. The van der Waals surface area contributed by atoms with E-state index in [4.69, 9.17) is 0 Å². The van der Waals surface area contributed by atoms with Crippen molar-refractivity contribution in [1.29, 1.82) is 0 Å². The number of alkyl halides is 2. The predicted octanol–water partition coefficient (Wildman–Crippen LogP) is 4.39. The third-order valence-corrected chi connectivity index (χ3v) is 4.74. The van der Waals surface area contributed by atoms with Crippen molar-refractivity contribution >= 4 is 28.2 Å². The van der Waals surface area contributed by atoms with Gasteiger partial charge >= 0.3 is 0 Å². The second kappa shape index (κ2) is 8.33. The van der Waals surface area contributed by atoms with Gasteiger partial charge in [0.05, 0.1) is 12.1 Å². The van der Waals surface area contributed by atoms with Gasteiger partial charge in [-0.2, -0.15) is 4.98 Å². The van der Waals surface area contributed by atoms with Gasteiger partial charge < -0.3 is 10.0 Å². The lowest BCUT2D eigenvalue weighted by Crippen LogP contribution is -2.25. The van der Waals surface area contributed by atoms with E-state index in [2.05, 4.69) is 27.0 Å². The van der Waals surface area contributed by atoms with Crippen molar-refractivity contribution < 1.29 is 22.7 Å². The fraction of sp³-hybridized carbons (Fsp3) is 0.261. The summed E-state index contributed by atoms with van der Waals surface area (Å²) in [4.78, 5) is 5.45. The van der Waals surface area contributed by atoms with Crippen LogP contribution in [0.1, 0.15) is 25.2 Å². The Labute approximate surface area is 186 Å². The molecule has 0 spiro atoms. The summed E-state index contributed by atoms with van der Waals surface area (Å²) < 4.78 is 57.4. The van der Waals surface area contributed by atoms with Crippen molar-refractivity contribution in [2.75, 3.05) is 11.4 Å². The zero-order chi connectivity index (χ0) is 23.9. The molecular weight excluding hydrogens is 438 g/mol. The standard InChI is InChI=1S/C23H19F4N5O/c1-13-29-30-22-28-21(18-11-15(24)4-5-19(18)32(13)22)31(12-20(26)27)17-9-14(8-16(25)10-17)6-7-23(2,3)33/h4-5,8-11,20,33H,12H2,1-3H3. The Kier molecular flexibility index (Phi) is 5.68. The first-order valence-corrected chi connectivity index (χ1v) is 9.95. The number of hydrogen-bond acceptors (Lipinski definition) is 5. The monoisotopic (exact) mass is 457 g/mol. The minimum absolute atomic E-state index is 0.0308. The molecule has 10 heteroatoms. The number of benzene rings is 2. The van der Waals surface area contributed by atoms with Crippen molar-refractivity contribution in [1.82, 2.24) is 19.6 Å². The van der Waals surface area contributed by atoms with Gasteiger partial charge in [0.1, 0.15) is 28.9 Å². The third-order valence-electron chi connectivity index (χ3n) is 4.74. The molecule has 0 bridgehead atoms. The second-order valence-corrected chi connectivity index (χ2v) is 7.99. The zero-order valence-corrected chi connectivity index (χ0v) is 17.9. The summed E-state index contributed by atoms with van der Waals surface area (Å²) in [5.74, 6) is 4.47. The molecule has 0 aliphatic heterocycles. The number of aryl methyl sites for hydroxylation is 1. The molecule has 0 saturated heterocycles. The third kappa shape index (κ3) is 4.73. The first-order valence-electron chi connectivity index (χ1n) is 9.95. The van der Waals surface area contributed by atoms with E-state index in [1.165, 1.54) is 38.1 Å². The second-order valence-electron chi connectivity index (χ2n) is 7.99. The fourth-order valence-corrected chi connectivity index (χ4v) is 3.43. The molecule has 0 atom stereocenters. The van der Waals surface area contributed by atoms with Crippen molar-refractivity contribution in [2.24, 2.45) is 0 Å². The minimum atomic E-state index is -2.82. The minimum Gasteiger partial charge on any atom is -0.378 e. The molecular formula is C23H19F4N5O. The highest BCUT2D eigenvalue weighted by Gasteiger charge is 2.23. The Morgan fingerprint density at radius 2 is 1.85 bits per heavy atom. The first kappa shape index (κ1) is 22.5. The maximum absolute atomic E-state index is 14.4. The number of aromatic nitrogens is 4. The van der Waals surface area contributed by atoms with Crippen molar-refractivity contribution in [3.63, 3.8) is 0 Å². The van der Waals surface area contributed by atoms with Gasteiger partial charge in [-0.1, -0.05) is 11.8 Å². The van der Waals surface area contributed by atoms with Crippen LogP contribution in [0.3, 0.4) is 0 Å². The normalized spacial score (nSPS) is 11.8. The number of rotatable bonds is 4. The molecule has 0 amide bonds. The van der Waals surface area contributed by atoms with E-state index < -0.39 is 30.2 Å². The molecule has 0 aliphatic carbocycles. The van der Waals surface area contributed by atoms with E-state index in [0.29, 0.717) is 11.3 Å². The van der Waals surface area contributed by atoms with Crippen LogP contribution in [0.5, 0.6) is 0 Å². The molecule has 0 radical (unpaired) electrons. The maximum atomic E-state index is 14.4. The molecule has 1 N–H and O–H groups in total. The van der Waals surface area contributed by atoms with Crippen LogP contribution in [0.25, 0.3) is 16.7 Å². The number of halogens is 4. The van der Waals surface area contributed by atoms with Gasteiger partial charge in [0.25, 0.3) is 12.2 Å². The van der Waals surface area contributed by atoms with E-state index >= 15 is 0 Å². The van der Waals surface area contributed by atoms with Crippen molar-refractivity contribution in [3.8, 4) is 11.8 Å².